The van der Waals surface area contributed by atoms with E-state index in [0.29, 0.717) is 16.3 Å². The van der Waals surface area contributed by atoms with Gasteiger partial charge >= 0.3 is 12.0 Å². The molecule has 0 radical (unpaired) electrons. The average Bonchev–Trinajstić information content (AvgIpc) is 2.47. The molecule has 0 aliphatic carbocycles. The van der Waals surface area contributed by atoms with Crippen molar-refractivity contribution in [2.45, 2.75) is 19.9 Å². The van der Waals surface area contributed by atoms with Gasteiger partial charge in [0.05, 0.1) is 11.6 Å². The first-order valence-electron chi connectivity index (χ1n) is 6.85. The van der Waals surface area contributed by atoms with E-state index in [-0.39, 0.29) is 12.6 Å². The number of halogens is 1. The van der Waals surface area contributed by atoms with Crippen molar-refractivity contribution in [3.8, 4) is 0 Å². The summed E-state index contributed by atoms with van der Waals surface area (Å²) in [5.74, 6) is -0.469. The van der Waals surface area contributed by atoms with Gasteiger partial charge in [-0.3, -0.25) is 0 Å². The molecular weight excluding hydrogens is 304 g/mol. The summed E-state index contributed by atoms with van der Waals surface area (Å²) in [7, 11) is 0. The van der Waals surface area contributed by atoms with Gasteiger partial charge in [0.15, 0.2) is 0 Å². The number of carbonyl (C=O) groups excluding carboxylic acids is 2. The van der Waals surface area contributed by atoms with Crippen molar-refractivity contribution < 1.29 is 14.3 Å². The second-order valence-electron chi connectivity index (χ2n) is 4.79. The highest BCUT2D eigenvalue weighted by molar-refractivity contribution is 6.30. The molecule has 0 bridgehead atoms. The summed E-state index contributed by atoms with van der Waals surface area (Å²) in [6.45, 7) is 3.71. The summed E-state index contributed by atoms with van der Waals surface area (Å²) < 4.78 is 5.20. The van der Waals surface area contributed by atoms with Crippen LogP contribution in [-0.2, 0) is 9.53 Å². The van der Waals surface area contributed by atoms with Crippen molar-refractivity contribution in [3.63, 3.8) is 0 Å². The standard InChI is InChI=1S/C16H17ClN2O3/c1-3-4-9-22-15(20)13-10(2)18-16(21)19-14(13)11-5-7-12(17)8-6-11/h3-8,14H,9H2,1-2H3,(H2,18,19,21)/b4-3+/t14-/m1/s1. The number of urea groups is 1. The van der Waals surface area contributed by atoms with E-state index in [1.165, 1.54) is 0 Å². The Morgan fingerprint density at radius 2 is 2.05 bits per heavy atom. The molecule has 1 aliphatic rings. The van der Waals surface area contributed by atoms with E-state index in [0.717, 1.165) is 5.56 Å². The number of carbonyl (C=O) groups is 2. The molecule has 1 aromatic carbocycles. The maximum Gasteiger partial charge on any atom is 0.338 e. The first kappa shape index (κ1) is 16.1. The topological polar surface area (TPSA) is 67.4 Å². The van der Waals surface area contributed by atoms with Gasteiger partial charge < -0.3 is 15.4 Å². The Kier molecular flexibility index (Phi) is 5.22. The number of rotatable bonds is 4. The van der Waals surface area contributed by atoms with Gasteiger partial charge in [0.2, 0.25) is 0 Å². The Morgan fingerprint density at radius 1 is 1.36 bits per heavy atom. The monoisotopic (exact) mass is 320 g/mol. The molecule has 2 amide bonds. The number of allylic oxidation sites excluding steroid dienone is 2. The molecular formula is C16H17ClN2O3. The van der Waals surface area contributed by atoms with Crippen molar-refractivity contribution >= 4 is 23.6 Å². The van der Waals surface area contributed by atoms with Crippen LogP contribution in [0.15, 0.2) is 47.7 Å². The van der Waals surface area contributed by atoms with E-state index in [1.54, 1.807) is 43.3 Å². The third-order valence-corrected chi connectivity index (χ3v) is 3.49. The summed E-state index contributed by atoms with van der Waals surface area (Å²) in [6, 6.07) is 6.04. The largest absolute Gasteiger partial charge is 0.458 e. The highest BCUT2D eigenvalue weighted by Crippen LogP contribution is 2.28. The van der Waals surface area contributed by atoms with Crippen molar-refractivity contribution in [1.82, 2.24) is 10.6 Å². The van der Waals surface area contributed by atoms with Crippen LogP contribution in [-0.4, -0.2) is 18.6 Å². The van der Waals surface area contributed by atoms with Crippen molar-refractivity contribution in [2.24, 2.45) is 0 Å². The Bertz CT molecular complexity index is 635. The quantitative estimate of drug-likeness (QED) is 0.661. The fourth-order valence-corrected chi connectivity index (χ4v) is 2.29. The van der Waals surface area contributed by atoms with Crippen LogP contribution in [0.4, 0.5) is 4.79 Å². The van der Waals surface area contributed by atoms with E-state index in [2.05, 4.69) is 10.6 Å². The van der Waals surface area contributed by atoms with Gasteiger partial charge in [0, 0.05) is 10.7 Å². The predicted molar refractivity (Wildman–Crippen MR) is 84.3 cm³/mol. The highest BCUT2D eigenvalue weighted by atomic mass is 35.5. The molecule has 0 aromatic heterocycles. The number of ether oxygens (including phenoxy) is 1. The first-order chi connectivity index (χ1) is 10.5. The minimum Gasteiger partial charge on any atom is -0.458 e. The Hall–Kier alpha value is -2.27. The lowest BCUT2D eigenvalue weighted by molar-refractivity contribution is -0.138. The lowest BCUT2D eigenvalue weighted by Gasteiger charge is -2.28. The zero-order valence-electron chi connectivity index (χ0n) is 12.4. The predicted octanol–water partition coefficient (Wildman–Crippen LogP) is 3.09. The number of benzene rings is 1. The van der Waals surface area contributed by atoms with Gasteiger partial charge in [-0.25, -0.2) is 9.59 Å². The average molecular weight is 321 g/mol. The minimum absolute atomic E-state index is 0.188. The van der Waals surface area contributed by atoms with Gasteiger partial charge in [-0.1, -0.05) is 35.9 Å². The fraction of sp³-hybridized carbons (Fsp3) is 0.250. The number of hydrogen-bond donors (Lipinski definition) is 2. The van der Waals surface area contributed by atoms with Crippen LogP contribution >= 0.6 is 11.6 Å². The smallest absolute Gasteiger partial charge is 0.338 e. The Labute approximate surface area is 134 Å². The highest BCUT2D eigenvalue weighted by Gasteiger charge is 2.31. The molecule has 116 valence electrons. The van der Waals surface area contributed by atoms with Crippen LogP contribution in [0.2, 0.25) is 5.02 Å². The summed E-state index contributed by atoms with van der Waals surface area (Å²) in [5, 5.41) is 5.92. The van der Waals surface area contributed by atoms with Gasteiger partial charge in [-0.05, 0) is 31.5 Å². The zero-order valence-corrected chi connectivity index (χ0v) is 13.1. The van der Waals surface area contributed by atoms with Crippen LogP contribution in [0.25, 0.3) is 0 Å². The molecule has 1 aromatic rings. The number of amides is 2. The molecule has 5 nitrogen and oxygen atoms in total. The molecule has 0 unspecified atom stereocenters. The van der Waals surface area contributed by atoms with Gasteiger partial charge in [0.1, 0.15) is 6.61 Å². The molecule has 0 fully saturated rings. The summed E-state index contributed by atoms with van der Waals surface area (Å²) in [4.78, 5) is 24.0. The fourth-order valence-electron chi connectivity index (χ4n) is 2.17. The maximum absolute atomic E-state index is 12.3. The van der Waals surface area contributed by atoms with Crippen LogP contribution in [0.1, 0.15) is 25.5 Å². The number of nitrogens with one attached hydrogen (secondary N) is 2. The minimum atomic E-state index is -0.566. The third-order valence-electron chi connectivity index (χ3n) is 3.24. The summed E-state index contributed by atoms with van der Waals surface area (Å²) in [5.41, 5.74) is 1.62. The molecule has 6 heteroatoms. The van der Waals surface area contributed by atoms with Crippen LogP contribution < -0.4 is 10.6 Å². The summed E-state index contributed by atoms with van der Waals surface area (Å²) >= 11 is 5.88. The molecule has 1 atom stereocenters. The van der Waals surface area contributed by atoms with Crippen LogP contribution in [0.5, 0.6) is 0 Å². The second kappa shape index (κ2) is 7.13. The van der Waals surface area contributed by atoms with Gasteiger partial charge in [-0.2, -0.15) is 0 Å². The van der Waals surface area contributed by atoms with E-state index < -0.39 is 12.0 Å². The van der Waals surface area contributed by atoms with E-state index in [1.807, 2.05) is 6.92 Å². The van der Waals surface area contributed by atoms with Crippen molar-refractivity contribution in [1.29, 1.82) is 0 Å². The molecule has 0 saturated carbocycles. The normalized spacial score (nSPS) is 18.1. The first-order valence-corrected chi connectivity index (χ1v) is 7.22. The molecule has 0 spiro atoms. The number of hydrogen-bond acceptors (Lipinski definition) is 3. The molecule has 1 heterocycles. The molecule has 0 saturated heterocycles. The molecule has 2 N–H and O–H groups in total. The van der Waals surface area contributed by atoms with E-state index in [9.17, 15) is 9.59 Å². The van der Waals surface area contributed by atoms with Crippen molar-refractivity contribution in [3.05, 3.63) is 58.3 Å². The lowest BCUT2D eigenvalue weighted by Crippen LogP contribution is -2.45. The maximum atomic E-state index is 12.3. The number of esters is 1. The summed E-state index contributed by atoms with van der Waals surface area (Å²) in [6.07, 6.45) is 3.53. The Balaban J connectivity index is 2.32. The second-order valence-corrected chi connectivity index (χ2v) is 5.23. The van der Waals surface area contributed by atoms with E-state index in [4.69, 9.17) is 16.3 Å². The van der Waals surface area contributed by atoms with Crippen molar-refractivity contribution in [2.75, 3.05) is 6.61 Å². The third kappa shape index (κ3) is 3.68. The Morgan fingerprint density at radius 3 is 2.68 bits per heavy atom. The SMILES string of the molecule is C/C=C/COC(=O)C1=C(C)NC(=O)N[C@@H]1c1ccc(Cl)cc1. The molecule has 22 heavy (non-hydrogen) atoms. The van der Waals surface area contributed by atoms with Crippen LogP contribution in [0, 0.1) is 0 Å². The van der Waals surface area contributed by atoms with Gasteiger partial charge in [-0.15, -0.1) is 0 Å². The zero-order chi connectivity index (χ0) is 16.1. The van der Waals surface area contributed by atoms with E-state index >= 15 is 0 Å². The lowest BCUT2D eigenvalue weighted by atomic mass is 9.96. The molecule has 2 rings (SSSR count). The van der Waals surface area contributed by atoms with Crippen LogP contribution in [0.3, 0.4) is 0 Å². The molecule has 1 aliphatic heterocycles. The van der Waals surface area contributed by atoms with Gasteiger partial charge in [0.25, 0.3) is 0 Å².